The number of nitrogens with one attached hydrogen (secondary N) is 1. The molecule has 0 saturated carbocycles. The van der Waals surface area contributed by atoms with Crippen LogP contribution in [0.1, 0.15) is 91.5 Å². The number of aryl methyl sites for hydroxylation is 1. The first kappa shape index (κ1) is 34.2. The van der Waals surface area contributed by atoms with Crippen molar-refractivity contribution >= 4 is 46.0 Å². The van der Waals surface area contributed by atoms with Gasteiger partial charge in [0.25, 0.3) is 5.91 Å². The first-order valence-corrected chi connectivity index (χ1v) is 16.8. The van der Waals surface area contributed by atoms with Crippen LogP contribution in [-0.2, 0) is 9.53 Å². The van der Waals surface area contributed by atoms with Crippen molar-refractivity contribution in [1.82, 2.24) is 15.1 Å². The molecule has 0 saturated heterocycles. The third-order valence-electron chi connectivity index (χ3n) is 8.07. The number of carbonyl (C=O) groups excluding carboxylic acids is 2. The summed E-state index contributed by atoms with van der Waals surface area (Å²) in [6.45, 7) is 9.90. The fourth-order valence-electron chi connectivity index (χ4n) is 6.11. The Morgan fingerprint density at radius 1 is 0.915 bits per heavy atom. The van der Waals surface area contributed by atoms with Crippen molar-refractivity contribution in [3.05, 3.63) is 129 Å². The summed E-state index contributed by atoms with van der Waals surface area (Å²) in [6.07, 6.45) is 1.93. The zero-order valence-corrected chi connectivity index (χ0v) is 29.0. The first-order valence-electron chi connectivity index (χ1n) is 16.0. The Labute approximate surface area is 287 Å². The van der Waals surface area contributed by atoms with Crippen LogP contribution in [0.5, 0.6) is 0 Å². The average molecular weight is 671 g/mol. The predicted molar refractivity (Wildman–Crippen MR) is 191 cm³/mol. The van der Waals surface area contributed by atoms with Crippen molar-refractivity contribution in [3.8, 4) is 5.69 Å². The number of esters is 1. The third-order valence-corrected chi connectivity index (χ3v) is 8.61. The largest absolute Gasteiger partial charge is 0.460 e. The average Bonchev–Trinajstić information content (AvgIpc) is 3.40. The first-order chi connectivity index (χ1) is 22.4. The van der Waals surface area contributed by atoms with Crippen molar-refractivity contribution < 1.29 is 14.3 Å². The van der Waals surface area contributed by atoms with Crippen LogP contribution in [0.4, 0.5) is 0 Å². The summed E-state index contributed by atoms with van der Waals surface area (Å²) in [6, 6.07) is 30.1. The number of hydrogen-bond donors (Lipinski definition) is 1. The van der Waals surface area contributed by atoms with Gasteiger partial charge >= 0.3 is 5.97 Å². The molecule has 4 aromatic carbocycles. The number of carbonyl (C=O) groups is 2. The van der Waals surface area contributed by atoms with E-state index in [0.29, 0.717) is 15.6 Å². The molecule has 0 aliphatic carbocycles. The van der Waals surface area contributed by atoms with Crippen LogP contribution in [0, 0.1) is 6.92 Å². The lowest BCUT2D eigenvalue weighted by Gasteiger charge is -2.29. The number of benzene rings is 4. The summed E-state index contributed by atoms with van der Waals surface area (Å²) in [4.78, 5) is 25.1. The van der Waals surface area contributed by atoms with Gasteiger partial charge in [-0.05, 0) is 105 Å². The maximum absolute atomic E-state index is 13.0. The normalized spacial score (nSPS) is 12.9. The lowest BCUT2D eigenvalue weighted by molar-refractivity contribution is -0.154. The number of amides is 1. The van der Waals surface area contributed by atoms with E-state index in [9.17, 15) is 9.59 Å². The summed E-state index contributed by atoms with van der Waals surface area (Å²) in [7, 11) is 0. The van der Waals surface area contributed by atoms with Gasteiger partial charge in [-0.15, -0.1) is 0 Å². The van der Waals surface area contributed by atoms with E-state index in [0.717, 1.165) is 51.8 Å². The number of nitrogens with zero attached hydrogens (tertiary/aromatic N) is 2. The van der Waals surface area contributed by atoms with Crippen LogP contribution in [-0.4, -0.2) is 33.8 Å². The fraction of sp³-hybridized carbons (Fsp3) is 0.308. The molecule has 0 aliphatic rings. The molecule has 8 heteroatoms. The quantitative estimate of drug-likeness (QED) is 0.142. The molecule has 1 aromatic heterocycles. The number of ether oxygens (including phenoxy) is 1. The minimum atomic E-state index is -0.563. The smallest absolute Gasteiger partial charge is 0.308 e. The Bertz CT molecular complexity index is 1840. The number of rotatable bonds is 11. The van der Waals surface area contributed by atoms with E-state index in [1.807, 2.05) is 93.0 Å². The lowest BCUT2D eigenvalue weighted by Crippen LogP contribution is -2.29. The van der Waals surface area contributed by atoms with Crippen molar-refractivity contribution in [2.24, 2.45) is 0 Å². The third kappa shape index (κ3) is 8.24. The van der Waals surface area contributed by atoms with Crippen LogP contribution in [0.3, 0.4) is 0 Å². The standard InChI is InChI=1S/C39H41Cl2N3O3/c1-6-10-31(26-13-15-28(16-14-26)38(46)42-22-21-34(45)47-39(3,4)5)35(27-17-19-29(40)20-18-27)37-32-23-25(2)24-33(41)36(32)43-44(37)30-11-8-7-9-12-30/h7-9,11-20,23-24,31,35H,6,10,21-22H2,1-5H3,(H,42,46). The van der Waals surface area contributed by atoms with Gasteiger partial charge in [0, 0.05) is 28.4 Å². The number of aromatic nitrogens is 2. The second-order valence-electron chi connectivity index (χ2n) is 12.9. The highest BCUT2D eigenvalue weighted by Crippen LogP contribution is 2.45. The second kappa shape index (κ2) is 14.7. The monoisotopic (exact) mass is 669 g/mol. The number of fused-ring (bicyclic) bond motifs is 1. The highest BCUT2D eigenvalue weighted by molar-refractivity contribution is 6.35. The zero-order chi connectivity index (χ0) is 33.7. The molecule has 6 nitrogen and oxygen atoms in total. The van der Waals surface area contributed by atoms with Gasteiger partial charge in [0.15, 0.2) is 0 Å². The summed E-state index contributed by atoms with van der Waals surface area (Å²) < 4.78 is 7.38. The number of para-hydroxylation sites is 1. The van der Waals surface area contributed by atoms with E-state index in [1.54, 1.807) is 0 Å². The maximum atomic E-state index is 13.0. The molecule has 0 radical (unpaired) electrons. The predicted octanol–water partition coefficient (Wildman–Crippen LogP) is 9.82. The van der Waals surface area contributed by atoms with E-state index in [2.05, 4.69) is 42.6 Å². The van der Waals surface area contributed by atoms with Crippen LogP contribution >= 0.6 is 23.2 Å². The topological polar surface area (TPSA) is 73.2 Å². The Balaban J connectivity index is 1.56. The van der Waals surface area contributed by atoms with E-state index in [4.69, 9.17) is 33.0 Å². The molecule has 2 unspecified atom stereocenters. The molecule has 2 atom stereocenters. The summed E-state index contributed by atoms with van der Waals surface area (Å²) in [5.41, 5.74) is 5.97. The molecular formula is C39H41Cl2N3O3. The summed E-state index contributed by atoms with van der Waals surface area (Å²) >= 11 is 13.2. The van der Waals surface area contributed by atoms with Gasteiger partial charge < -0.3 is 10.1 Å². The molecule has 0 aliphatic heterocycles. The minimum absolute atomic E-state index is 0.0344. The molecule has 0 spiro atoms. The number of hydrogen-bond acceptors (Lipinski definition) is 4. The molecule has 244 valence electrons. The van der Waals surface area contributed by atoms with Gasteiger partial charge in [-0.1, -0.05) is 79.0 Å². The van der Waals surface area contributed by atoms with E-state index in [1.165, 1.54) is 0 Å². The zero-order valence-electron chi connectivity index (χ0n) is 27.5. The van der Waals surface area contributed by atoms with Crippen molar-refractivity contribution in [3.63, 3.8) is 0 Å². The Morgan fingerprint density at radius 3 is 2.21 bits per heavy atom. The van der Waals surface area contributed by atoms with Gasteiger partial charge in [-0.3, -0.25) is 9.59 Å². The van der Waals surface area contributed by atoms with Crippen molar-refractivity contribution in [2.45, 2.75) is 71.3 Å². The molecule has 5 aromatic rings. The van der Waals surface area contributed by atoms with Gasteiger partial charge in [0.05, 0.1) is 22.8 Å². The lowest BCUT2D eigenvalue weighted by atomic mass is 9.76. The van der Waals surface area contributed by atoms with E-state index >= 15 is 0 Å². The summed E-state index contributed by atoms with van der Waals surface area (Å²) in [5.74, 6) is -0.668. The SMILES string of the molecule is CCCC(c1ccc(C(=O)NCCC(=O)OC(C)(C)C)cc1)C(c1ccc(Cl)cc1)c1c2cc(C)cc(Cl)c2nn1-c1ccccc1. The molecule has 1 amide bonds. The highest BCUT2D eigenvalue weighted by atomic mass is 35.5. The van der Waals surface area contributed by atoms with Crippen LogP contribution < -0.4 is 5.32 Å². The van der Waals surface area contributed by atoms with Crippen LogP contribution in [0.2, 0.25) is 10.0 Å². The van der Waals surface area contributed by atoms with E-state index in [-0.39, 0.29) is 36.7 Å². The number of halogens is 2. The van der Waals surface area contributed by atoms with Crippen molar-refractivity contribution in [2.75, 3.05) is 6.54 Å². The fourth-order valence-corrected chi connectivity index (χ4v) is 6.54. The summed E-state index contributed by atoms with van der Waals surface area (Å²) in [5, 5.41) is 10.2. The van der Waals surface area contributed by atoms with Crippen LogP contribution in [0.25, 0.3) is 16.6 Å². The van der Waals surface area contributed by atoms with Gasteiger partial charge in [0.1, 0.15) is 11.1 Å². The highest BCUT2D eigenvalue weighted by Gasteiger charge is 2.32. The van der Waals surface area contributed by atoms with Crippen LogP contribution in [0.15, 0.2) is 91.0 Å². The van der Waals surface area contributed by atoms with Gasteiger partial charge in [0.2, 0.25) is 0 Å². The molecule has 1 N–H and O–H groups in total. The molecule has 47 heavy (non-hydrogen) atoms. The molecular weight excluding hydrogens is 629 g/mol. The Morgan fingerprint density at radius 2 is 1.57 bits per heavy atom. The van der Waals surface area contributed by atoms with Gasteiger partial charge in [-0.25, -0.2) is 4.68 Å². The Hall–Kier alpha value is -4.13. The minimum Gasteiger partial charge on any atom is -0.460 e. The molecule has 0 fully saturated rings. The molecule has 1 heterocycles. The molecule has 5 rings (SSSR count). The van der Waals surface area contributed by atoms with Gasteiger partial charge in [-0.2, -0.15) is 5.10 Å². The maximum Gasteiger partial charge on any atom is 0.308 e. The Kier molecular flexibility index (Phi) is 10.7. The van der Waals surface area contributed by atoms with Crippen molar-refractivity contribution in [1.29, 1.82) is 0 Å². The second-order valence-corrected chi connectivity index (χ2v) is 13.8. The molecule has 0 bridgehead atoms. The van der Waals surface area contributed by atoms with E-state index < -0.39 is 5.60 Å².